The number of hydrogen-bond donors (Lipinski definition) is 5. The first-order valence-corrected chi connectivity index (χ1v) is 13.1. The van der Waals surface area contributed by atoms with Crippen LogP contribution in [0.3, 0.4) is 0 Å². The molecule has 1 aromatic carbocycles. The zero-order valence-corrected chi connectivity index (χ0v) is 23.3. The number of carbonyl (C=O) groups excluding carboxylic acids is 2. The molecule has 1 aromatic rings. The number of aliphatic imine (C=N–C) groups is 1. The molecule has 0 aromatic heterocycles. The number of aliphatic hydroxyl groups excluding tert-OH is 1. The van der Waals surface area contributed by atoms with Crippen LogP contribution in [0.1, 0.15) is 53.0 Å². The standard InChI is InChI=1S/C30H41N3O6/c1-7-13-32-26-22-14-17(2)11-12-24(34)20(5)15-21(6)28(39-30(31)38)18(3)9-8-10-19(4)29(37)33-23(27(22)36)16-25(26)35/h7-10,13,15-18,20,24,28,34-36H,1,11-12,14H2,2-6H3,(H2,31,38)(H,33,37)/b9-8+,19-10?,21-15?,32-13?. The van der Waals surface area contributed by atoms with Crippen molar-refractivity contribution in [1.82, 2.24) is 0 Å². The molecule has 6 N–H and O–H groups in total. The van der Waals surface area contributed by atoms with Crippen molar-refractivity contribution in [2.45, 2.75) is 66.1 Å². The van der Waals surface area contributed by atoms with E-state index < -0.39 is 24.2 Å². The van der Waals surface area contributed by atoms with Gasteiger partial charge in [-0.15, -0.1) is 0 Å². The minimum absolute atomic E-state index is 0.00950. The van der Waals surface area contributed by atoms with Crippen molar-refractivity contribution in [2.24, 2.45) is 28.5 Å². The number of fused-ring (bicyclic) bond motifs is 2. The molecule has 0 fully saturated rings. The first kappa shape index (κ1) is 31.4. The number of allylic oxidation sites excluding steroid dienone is 3. The number of nitrogens with two attached hydrogens (primary N) is 1. The summed E-state index contributed by atoms with van der Waals surface area (Å²) in [6, 6.07) is 1.26. The maximum absolute atomic E-state index is 12.9. The number of rotatable bonds is 3. The van der Waals surface area contributed by atoms with Crippen molar-refractivity contribution >= 4 is 29.6 Å². The number of ether oxygens (including phenoxy) is 1. The number of phenolic OH excluding ortho intramolecular Hbond substituents is 2. The van der Waals surface area contributed by atoms with Gasteiger partial charge in [0.1, 0.15) is 23.3 Å². The minimum atomic E-state index is -0.902. The normalized spacial score (nSPS) is 26.3. The second-order valence-electron chi connectivity index (χ2n) is 10.3. The molecule has 0 saturated heterocycles. The largest absolute Gasteiger partial charge is 0.506 e. The summed E-state index contributed by atoms with van der Waals surface area (Å²) in [5.41, 5.74) is 7.05. The lowest BCUT2D eigenvalue weighted by Crippen LogP contribution is -2.29. The molecule has 5 unspecified atom stereocenters. The molecule has 9 nitrogen and oxygen atoms in total. The molecule has 2 amide bonds. The van der Waals surface area contributed by atoms with Gasteiger partial charge < -0.3 is 31.1 Å². The fourth-order valence-corrected chi connectivity index (χ4v) is 4.56. The molecular formula is C30H41N3O6. The molecule has 2 bridgehead atoms. The fraction of sp³-hybridized carbons (Fsp3) is 0.433. The Hall–Kier alpha value is -3.85. The van der Waals surface area contributed by atoms with Gasteiger partial charge in [0, 0.05) is 35.3 Å². The Morgan fingerprint density at radius 2 is 1.90 bits per heavy atom. The first-order chi connectivity index (χ1) is 18.3. The quantitative estimate of drug-likeness (QED) is 0.149. The van der Waals surface area contributed by atoms with Gasteiger partial charge in [-0.25, -0.2) is 4.79 Å². The summed E-state index contributed by atoms with van der Waals surface area (Å²) in [5, 5.41) is 35.3. The molecule has 1 heterocycles. The number of primary amides is 1. The van der Waals surface area contributed by atoms with Crippen LogP contribution in [0, 0.1) is 17.8 Å². The SMILES string of the molecule is C=CC=Nc1c(O)cc2c(O)c1CC(C)CCC(O)C(C)C=C(C)C(OC(N)=O)C(C)/C=C/C=C(C)C(=O)N2. The van der Waals surface area contributed by atoms with Crippen LogP contribution in [0.2, 0.25) is 0 Å². The van der Waals surface area contributed by atoms with E-state index in [0.29, 0.717) is 30.4 Å². The predicted molar refractivity (Wildman–Crippen MR) is 154 cm³/mol. The summed E-state index contributed by atoms with van der Waals surface area (Å²) >= 11 is 0. The number of anilines is 1. The van der Waals surface area contributed by atoms with Gasteiger partial charge in [0.15, 0.2) is 0 Å². The minimum Gasteiger partial charge on any atom is -0.506 e. The lowest BCUT2D eigenvalue weighted by Gasteiger charge is -2.24. The fourth-order valence-electron chi connectivity index (χ4n) is 4.56. The van der Waals surface area contributed by atoms with Crippen LogP contribution in [0.15, 0.2) is 59.2 Å². The monoisotopic (exact) mass is 539 g/mol. The number of hydrogen-bond acceptors (Lipinski definition) is 7. The van der Waals surface area contributed by atoms with Crippen LogP contribution in [-0.2, 0) is 16.0 Å². The van der Waals surface area contributed by atoms with Crippen molar-refractivity contribution in [3.63, 3.8) is 0 Å². The van der Waals surface area contributed by atoms with Crippen molar-refractivity contribution in [3.8, 4) is 11.5 Å². The second kappa shape index (κ2) is 14.3. The van der Waals surface area contributed by atoms with Gasteiger partial charge in [-0.2, -0.15) is 0 Å². The van der Waals surface area contributed by atoms with Crippen LogP contribution in [0.25, 0.3) is 0 Å². The van der Waals surface area contributed by atoms with Gasteiger partial charge in [0.2, 0.25) is 0 Å². The van der Waals surface area contributed by atoms with E-state index in [4.69, 9.17) is 10.5 Å². The maximum atomic E-state index is 12.9. The number of benzene rings is 1. The maximum Gasteiger partial charge on any atom is 0.405 e. The highest BCUT2D eigenvalue weighted by Gasteiger charge is 2.24. The van der Waals surface area contributed by atoms with Crippen molar-refractivity contribution in [3.05, 3.63) is 59.7 Å². The predicted octanol–water partition coefficient (Wildman–Crippen LogP) is 5.44. The number of phenols is 2. The van der Waals surface area contributed by atoms with Crippen molar-refractivity contribution < 1.29 is 29.6 Å². The molecule has 0 radical (unpaired) electrons. The van der Waals surface area contributed by atoms with Gasteiger partial charge in [0.05, 0.1) is 11.8 Å². The molecule has 1 aliphatic rings. The Morgan fingerprint density at radius 3 is 2.54 bits per heavy atom. The van der Waals surface area contributed by atoms with Crippen LogP contribution in [0.4, 0.5) is 16.2 Å². The highest BCUT2D eigenvalue weighted by molar-refractivity contribution is 6.04. The summed E-state index contributed by atoms with van der Waals surface area (Å²) in [5.74, 6) is -1.37. The number of aliphatic hydroxyl groups is 1. The molecule has 2 rings (SSSR count). The van der Waals surface area contributed by atoms with Gasteiger partial charge in [-0.3, -0.25) is 9.79 Å². The van der Waals surface area contributed by atoms with Crippen LogP contribution in [0.5, 0.6) is 11.5 Å². The van der Waals surface area contributed by atoms with Crippen molar-refractivity contribution in [1.29, 1.82) is 0 Å². The molecule has 5 atom stereocenters. The van der Waals surface area contributed by atoms with Crippen LogP contribution >= 0.6 is 0 Å². The Morgan fingerprint density at radius 1 is 1.21 bits per heavy atom. The second-order valence-corrected chi connectivity index (χ2v) is 10.3. The zero-order chi connectivity index (χ0) is 29.3. The van der Waals surface area contributed by atoms with E-state index in [-0.39, 0.29) is 40.6 Å². The van der Waals surface area contributed by atoms with Crippen LogP contribution in [-0.4, -0.2) is 45.7 Å². The van der Waals surface area contributed by atoms with E-state index in [9.17, 15) is 24.9 Å². The average molecular weight is 540 g/mol. The van der Waals surface area contributed by atoms with E-state index >= 15 is 0 Å². The summed E-state index contributed by atoms with van der Waals surface area (Å²) < 4.78 is 5.38. The number of carbonyl (C=O) groups is 2. The molecule has 212 valence electrons. The van der Waals surface area contributed by atoms with Crippen LogP contribution < -0.4 is 11.1 Å². The van der Waals surface area contributed by atoms with Crippen molar-refractivity contribution in [2.75, 3.05) is 5.32 Å². The topological polar surface area (TPSA) is 154 Å². The Balaban J connectivity index is 2.57. The van der Waals surface area contributed by atoms with Gasteiger partial charge >= 0.3 is 6.09 Å². The first-order valence-electron chi connectivity index (χ1n) is 13.1. The molecule has 9 heteroatoms. The Bertz CT molecular complexity index is 1180. The highest BCUT2D eigenvalue weighted by atomic mass is 16.6. The molecular weight excluding hydrogens is 498 g/mol. The van der Waals surface area contributed by atoms with Gasteiger partial charge in [-0.1, -0.05) is 57.7 Å². The molecule has 1 aliphatic heterocycles. The molecule has 0 saturated carbocycles. The number of aromatic hydroxyl groups is 2. The number of nitrogens with one attached hydrogen (secondary N) is 1. The van der Waals surface area contributed by atoms with E-state index in [1.807, 2.05) is 33.8 Å². The van der Waals surface area contributed by atoms with Gasteiger partial charge in [-0.05, 0) is 44.6 Å². The zero-order valence-electron chi connectivity index (χ0n) is 23.3. The molecule has 39 heavy (non-hydrogen) atoms. The third-order valence-corrected chi connectivity index (χ3v) is 6.84. The Kier molecular flexibility index (Phi) is 11.5. The van der Waals surface area contributed by atoms with E-state index in [2.05, 4.69) is 16.9 Å². The smallest absolute Gasteiger partial charge is 0.405 e. The average Bonchev–Trinajstić information content (AvgIpc) is 2.87. The van der Waals surface area contributed by atoms with E-state index in [0.717, 1.165) is 5.57 Å². The highest BCUT2D eigenvalue weighted by Crippen LogP contribution is 2.44. The number of amides is 2. The summed E-state index contributed by atoms with van der Waals surface area (Å²) in [7, 11) is 0. The summed E-state index contributed by atoms with van der Waals surface area (Å²) in [6.45, 7) is 12.8. The Labute approximate surface area is 230 Å². The number of nitrogens with zero attached hydrogens (tertiary/aromatic N) is 1. The molecule has 0 spiro atoms. The lowest BCUT2D eigenvalue weighted by atomic mass is 9.89. The van der Waals surface area contributed by atoms with Gasteiger partial charge in [0.25, 0.3) is 5.91 Å². The summed E-state index contributed by atoms with van der Waals surface area (Å²) in [4.78, 5) is 28.7. The molecule has 0 aliphatic carbocycles. The summed E-state index contributed by atoms with van der Waals surface area (Å²) in [6.07, 6.45) is 9.02. The van der Waals surface area contributed by atoms with E-state index in [1.54, 1.807) is 25.2 Å². The third kappa shape index (κ3) is 8.85. The van der Waals surface area contributed by atoms with E-state index in [1.165, 1.54) is 18.4 Å². The lowest BCUT2D eigenvalue weighted by molar-refractivity contribution is -0.112. The third-order valence-electron chi connectivity index (χ3n) is 6.84.